The van der Waals surface area contributed by atoms with Gasteiger partial charge in [-0.25, -0.2) is 0 Å². The molecule has 1 heterocycles. The SMILES string of the molecule is CN=C(NCC(Cc1ccccc1)N(C)C)NCC(C(C)C)N1CCOCC1.I. The molecule has 0 amide bonds. The minimum Gasteiger partial charge on any atom is -0.379 e. The molecule has 1 aromatic carbocycles. The van der Waals surface area contributed by atoms with Gasteiger partial charge in [-0.3, -0.25) is 9.89 Å². The molecule has 1 aromatic rings. The number of guanidine groups is 1. The monoisotopic (exact) mass is 517 g/mol. The molecule has 166 valence electrons. The van der Waals surface area contributed by atoms with Crippen LogP contribution in [0.25, 0.3) is 0 Å². The number of hydrogen-bond acceptors (Lipinski definition) is 4. The van der Waals surface area contributed by atoms with Crippen LogP contribution in [0.15, 0.2) is 35.3 Å². The van der Waals surface area contributed by atoms with E-state index in [0.29, 0.717) is 18.0 Å². The van der Waals surface area contributed by atoms with Crippen LogP contribution in [-0.4, -0.2) is 88.4 Å². The van der Waals surface area contributed by atoms with Crippen molar-refractivity contribution in [3.05, 3.63) is 35.9 Å². The Labute approximate surface area is 194 Å². The van der Waals surface area contributed by atoms with Gasteiger partial charge >= 0.3 is 0 Å². The summed E-state index contributed by atoms with van der Waals surface area (Å²) in [6, 6.07) is 11.6. The minimum absolute atomic E-state index is 0. The molecular weight excluding hydrogens is 477 g/mol. The fourth-order valence-corrected chi connectivity index (χ4v) is 3.66. The highest BCUT2D eigenvalue weighted by atomic mass is 127. The van der Waals surface area contributed by atoms with E-state index in [2.05, 4.69) is 83.7 Å². The van der Waals surface area contributed by atoms with Gasteiger partial charge in [-0.05, 0) is 32.0 Å². The lowest BCUT2D eigenvalue weighted by atomic mass is 10.0. The van der Waals surface area contributed by atoms with E-state index in [4.69, 9.17) is 4.74 Å². The molecule has 2 rings (SSSR count). The Morgan fingerprint density at radius 3 is 2.28 bits per heavy atom. The van der Waals surface area contributed by atoms with Gasteiger partial charge in [-0.1, -0.05) is 44.2 Å². The second-order valence-electron chi connectivity index (χ2n) is 8.10. The Morgan fingerprint density at radius 1 is 1.10 bits per heavy atom. The second kappa shape index (κ2) is 14.2. The lowest BCUT2D eigenvalue weighted by Gasteiger charge is -2.37. The van der Waals surface area contributed by atoms with Crippen molar-refractivity contribution in [2.24, 2.45) is 10.9 Å². The maximum absolute atomic E-state index is 5.51. The average Bonchev–Trinajstić information content (AvgIpc) is 2.70. The van der Waals surface area contributed by atoms with Crippen molar-refractivity contribution >= 4 is 29.9 Å². The summed E-state index contributed by atoms with van der Waals surface area (Å²) in [6.45, 7) is 10.0. The van der Waals surface area contributed by atoms with Crippen molar-refractivity contribution in [3.63, 3.8) is 0 Å². The number of morpholine rings is 1. The van der Waals surface area contributed by atoms with Gasteiger partial charge in [0.25, 0.3) is 0 Å². The maximum Gasteiger partial charge on any atom is 0.191 e. The zero-order valence-electron chi connectivity index (χ0n) is 18.7. The van der Waals surface area contributed by atoms with Gasteiger partial charge in [-0.15, -0.1) is 24.0 Å². The first-order valence-electron chi connectivity index (χ1n) is 10.5. The van der Waals surface area contributed by atoms with Crippen LogP contribution in [0.1, 0.15) is 19.4 Å². The second-order valence-corrected chi connectivity index (χ2v) is 8.10. The fourth-order valence-electron chi connectivity index (χ4n) is 3.66. The molecule has 6 nitrogen and oxygen atoms in total. The summed E-state index contributed by atoms with van der Waals surface area (Å²) in [4.78, 5) is 9.25. The van der Waals surface area contributed by atoms with Gasteiger partial charge in [0.2, 0.25) is 0 Å². The number of nitrogens with one attached hydrogen (secondary N) is 2. The highest BCUT2D eigenvalue weighted by Gasteiger charge is 2.24. The molecule has 0 radical (unpaired) electrons. The first kappa shape index (κ1) is 26.1. The number of aliphatic imine (C=N–C) groups is 1. The number of rotatable bonds is 9. The van der Waals surface area contributed by atoms with E-state index in [9.17, 15) is 0 Å². The standard InChI is InChI=1S/C22H39N5O.HI/c1-18(2)21(27-11-13-28-14-12-27)17-25-22(23-3)24-16-20(26(4)5)15-19-9-7-6-8-10-19;/h6-10,18,20-21H,11-17H2,1-5H3,(H2,23,24,25);1H. The van der Waals surface area contributed by atoms with E-state index in [1.165, 1.54) is 5.56 Å². The molecule has 2 unspecified atom stereocenters. The number of hydrogen-bond donors (Lipinski definition) is 2. The van der Waals surface area contributed by atoms with E-state index in [-0.39, 0.29) is 24.0 Å². The molecule has 2 atom stereocenters. The number of nitrogens with zero attached hydrogens (tertiary/aromatic N) is 3. The van der Waals surface area contributed by atoms with Crippen LogP contribution in [0.5, 0.6) is 0 Å². The Kier molecular flexibility index (Phi) is 12.8. The first-order chi connectivity index (χ1) is 13.5. The summed E-state index contributed by atoms with van der Waals surface area (Å²) in [5.41, 5.74) is 1.36. The van der Waals surface area contributed by atoms with Crippen molar-refractivity contribution in [1.82, 2.24) is 20.4 Å². The highest BCUT2D eigenvalue weighted by molar-refractivity contribution is 14.0. The van der Waals surface area contributed by atoms with Crippen LogP contribution in [0.3, 0.4) is 0 Å². The number of halogens is 1. The van der Waals surface area contributed by atoms with Gasteiger partial charge < -0.3 is 20.3 Å². The summed E-state index contributed by atoms with van der Waals surface area (Å²) in [5, 5.41) is 7.07. The molecule has 0 bridgehead atoms. The van der Waals surface area contributed by atoms with Crippen LogP contribution < -0.4 is 10.6 Å². The molecule has 2 N–H and O–H groups in total. The summed E-state index contributed by atoms with van der Waals surface area (Å²) in [6.07, 6.45) is 1.01. The topological polar surface area (TPSA) is 52.1 Å². The predicted octanol–water partition coefficient (Wildman–Crippen LogP) is 2.30. The Balaban J connectivity index is 0.00000420. The Bertz CT molecular complexity index is 576. The predicted molar refractivity (Wildman–Crippen MR) is 133 cm³/mol. The molecule has 1 saturated heterocycles. The number of benzene rings is 1. The molecule has 29 heavy (non-hydrogen) atoms. The summed E-state index contributed by atoms with van der Waals surface area (Å²) < 4.78 is 5.51. The fraction of sp³-hybridized carbons (Fsp3) is 0.682. The van der Waals surface area contributed by atoms with Crippen LogP contribution in [-0.2, 0) is 11.2 Å². The molecule has 1 aliphatic heterocycles. The summed E-state index contributed by atoms with van der Waals surface area (Å²) in [5.74, 6) is 1.45. The third-order valence-corrected chi connectivity index (χ3v) is 5.54. The van der Waals surface area contributed by atoms with Gasteiger partial charge in [0.1, 0.15) is 0 Å². The lowest BCUT2D eigenvalue weighted by molar-refractivity contribution is 0.00752. The lowest BCUT2D eigenvalue weighted by Crippen LogP contribution is -2.53. The Morgan fingerprint density at radius 2 is 1.72 bits per heavy atom. The largest absolute Gasteiger partial charge is 0.379 e. The quantitative estimate of drug-likeness (QED) is 0.299. The molecule has 0 spiro atoms. The van der Waals surface area contributed by atoms with E-state index < -0.39 is 0 Å². The van der Waals surface area contributed by atoms with Gasteiger partial charge in [0.05, 0.1) is 13.2 Å². The van der Waals surface area contributed by atoms with Crippen molar-refractivity contribution in [1.29, 1.82) is 0 Å². The molecule has 0 saturated carbocycles. The van der Waals surface area contributed by atoms with Crippen molar-refractivity contribution in [2.45, 2.75) is 32.4 Å². The molecule has 1 fully saturated rings. The minimum atomic E-state index is 0. The Hall–Kier alpha value is -0.900. The normalized spacial score (nSPS) is 17.7. The summed E-state index contributed by atoms with van der Waals surface area (Å²) >= 11 is 0. The zero-order chi connectivity index (χ0) is 20.4. The van der Waals surface area contributed by atoms with E-state index in [0.717, 1.165) is 51.8 Å². The first-order valence-corrected chi connectivity index (χ1v) is 10.5. The zero-order valence-corrected chi connectivity index (χ0v) is 21.1. The maximum atomic E-state index is 5.51. The smallest absolute Gasteiger partial charge is 0.191 e. The highest BCUT2D eigenvalue weighted by Crippen LogP contribution is 2.12. The number of likely N-dealkylation sites (N-methyl/N-ethyl adjacent to an activating group) is 1. The molecule has 0 aliphatic carbocycles. The van der Waals surface area contributed by atoms with Crippen molar-refractivity contribution < 1.29 is 4.74 Å². The molecular formula is C22H40IN5O. The third-order valence-electron chi connectivity index (χ3n) is 5.54. The molecule has 1 aliphatic rings. The third kappa shape index (κ3) is 9.19. The van der Waals surface area contributed by atoms with Crippen molar-refractivity contribution in [3.8, 4) is 0 Å². The van der Waals surface area contributed by atoms with E-state index in [1.807, 2.05) is 7.05 Å². The van der Waals surface area contributed by atoms with Crippen LogP contribution >= 0.6 is 24.0 Å². The summed E-state index contributed by atoms with van der Waals surface area (Å²) in [7, 11) is 6.12. The number of ether oxygens (including phenoxy) is 1. The van der Waals surface area contributed by atoms with Crippen LogP contribution in [0.4, 0.5) is 0 Å². The van der Waals surface area contributed by atoms with E-state index >= 15 is 0 Å². The molecule has 0 aromatic heterocycles. The van der Waals surface area contributed by atoms with Crippen molar-refractivity contribution in [2.75, 3.05) is 60.5 Å². The van der Waals surface area contributed by atoms with Gasteiger partial charge in [0.15, 0.2) is 5.96 Å². The van der Waals surface area contributed by atoms with Crippen LogP contribution in [0, 0.1) is 5.92 Å². The van der Waals surface area contributed by atoms with Gasteiger partial charge in [0, 0.05) is 45.3 Å². The van der Waals surface area contributed by atoms with Gasteiger partial charge in [-0.2, -0.15) is 0 Å². The average molecular weight is 518 g/mol. The molecule has 7 heteroatoms. The van der Waals surface area contributed by atoms with E-state index in [1.54, 1.807) is 0 Å². The van der Waals surface area contributed by atoms with Crippen LogP contribution in [0.2, 0.25) is 0 Å².